The number of nitrogens with zero attached hydrogens (tertiary/aromatic N) is 1. The quantitative estimate of drug-likeness (QED) is 0.747. The highest BCUT2D eigenvalue weighted by molar-refractivity contribution is 9.11. The number of anilines is 1. The van der Waals surface area contributed by atoms with Crippen molar-refractivity contribution in [1.82, 2.24) is 4.98 Å². The van der Waals surface area contributed by atoms with E-state index in [4.69, 9.17) is 5.73 Å². The number of esters is 1. The summed E-state index contributed by atoms with van der Waals surface area (Å²) in [7, 11) is 1.29. The van der Waals surface area contributed by atoms with Crippen molar-refractivity contribution >= 4 is 38.2 Å². The van der Waals surface area contributed by atoms with E-state index < -0.39 is 5.97 Å². The van der Waals surface area contributed by atoms with Crippen LogP contribution in [0.2, 0.25) is 0 Å². The van der Waals surface area contributed by atoms with Gasteiger partial charge in [-0.3, -0.25) is 0 Å². The third-order valence-electron chi connectivity index (χ3n) is 1.01. The fraction of sp³-hybridized carbons (Fsp3) is 0.200. The van der Waals surface area contributed by atoms with Gasteiger partial charge in [-0.1, -0.05) is 11.3 Å². The van der Waals surface area contributed by atoms with Gasteiger partial charge in [-0.25, -0.2) is 9.78 Å². The van der Waals surface area contributed by atoms with Crippen molar-refractivity contribution < 1.29 is 9.53 Å². The Labute approximate surface area is 75.5 Å². The molecular formula is C5H5BrN2O2S. The first kappa shape index (κ1) is 8.48. The lowest BCUT2D eigenvalue weighted by atomic mass is 10.5. The third-order valence-corrected chi connectivity index (χ3v) is 2.34. The van der Waals surface area contributed by atoms with Crippen molar-refractivity contribution in [2.24, 2.45) is 0 Å². The minimum atomic E-state index is -0.510. The largest absolute Gasteiger partial charge is 0.464 e. The van der Waals surface area contributed by atoms with Crippen LogP contribution in [0.3, 0.4) is 0 Å². The molecule has 0 aromatic carbocycles. The second kappa shape index (κ2) is 3.19. The van der Waals surface area contributed by atoms with Crippen LogP contribution in [0.15, 0.2) is 3.92 Å². The summed E-state index contributed by atoms with van der Waals surface area (Å²) in [6.45, 7) is 0. The maximum atomic E-state index is 10.9. The minimum absolute atomic E-state index is 0.171. The maximum Gasteiger partial charge on any atom is 0.359 e. The molecule has 1 aromatic heterocycles. The lowest BCUT2D eigenvalue weighted by Gasteiger charge is -1.92. The highest BCUT2D eigenvalue weighted by Gasteiger charge is 2.14. The summed E-state index contributed by atoms with van der Waals surface area (Å²) in [5.41, 5.74) is 5.61. The van der Waals surface area contributed by atoms with Crippen LogP contribution in [0.1, 0.15) is 10.5 Å². The van der Waals surface area contributed by atoms with Crippen molar-refractivity contribution in [3.05, 3.63) is 9.61 Å². The van der Waals surface area contributed by atoms with E-state index in [9.17, 15) is 4.79 Å². The van der Waals surface area contributed by atoms with Crippen LogP contribution < -0.4 is 5.73 Å². The van der Waals surface area contributed by atoms with Crippen LogP contribution in [0.25, 0.3) is 0 Å². The second-order valence-electron chi connectivity index (χ2n) is 1.67. The molecule has 0 atom stereocenters. The molecule has 0 spiro atoms. The normalized spacial score (nSPS) is 9.64. The number of thiazole rings is 1. The summed E-state index contributed by atoms with van der Waals surface area (Å²) >= 11 is 4.30. The first-order valence-electron chi connectivity index (χ1n) is 2.65. The Hall–Kier alpha value is -0.620. The number of hydrogen-bond acceptors (Lipinski definition) is 5. The van der Waals surface area contributed by atoms with E-state index in [1.807, 2.05) is 0 Å². The molecule has 6 heteroatoms. The number of carbonyl (C=O) groups is 1. The molecule has 4 nitrogen and oxygen atoms in total. The molecule has 0 aliphatic carbocycles. The Balaban J connectivity index is 3.03. The Kier molecular flexibility index (Phi) is 2.45. The van der Waals surface area contributed by atoms with E-state index in [0.717, 1.165) is 0 Å². The van der Waals surface area contributed by atoms with Crippen molar-refractivity contribution in [2.45, 2.75) is 0 Å². The van der Waals surface area contributed by atoms with E-state index in [2.05, 4.69) is 25.7 Å². The first-order valence-corrected chi connectivity index (χ1v) is 4.26. The van der Waals surface area contributed by atoms with Gasteiger partial charge in [0, 0.05) is 0 Å². The predicted molar refractivity (Wildman–Crippen MR) is 45.6 cm³/mol. The molecule has 0 fully saturated rings. The second-order valence-corrected chi connectivity index (χ2v) is 3.98. The molecule has 1 heterocycles. The number of carbonyl (C=O) groups excluding carboxylic acids is 1. The van der Waals surface area contributed by atoms with Crippen molar-refractivity contribution in [1.29, 1.82) is 0 Å². The standard InChI is InChI=1S/C5H5BrN2O2S/c1-10-4(9)2-3(7)11-5(6)8-2/h7H2,1H3. The molecule has 0 unspecified atom stereocenters. The summed E-state index contributed by atoms with van der Waals surface area (Å²) < 4.78 is 5.01. The minimum Gasteiger partial charge on any atom is -0.464 e. The van der Waals surface area contributed by atoms with Gasteiger partial charge in [0.1, 0.15) is 5.00 Å². The lowest BCUT2D eigenvalue weighted by Crippen LogP contribution is -2.04. The fourth-order valence-corrected chi connectivity index (χ4v) is 1.79. The zero-order valence-corrected chi connectivity index (χ0v) is 8.03. The number of methoxy groups -OCH3 is 1. The SMILES string of the molecule is COC(=O)c1nc(Br)sc1N. The van der Waals surface area contributed by atoms with Gasteiger partial charge in [-0.05, 0) is 15.9 Å². The number of nitrogens with two attached hydrogens (primary N) is 1. The van der Waals surface area contributed by atoms with Gasteiger partial charge in [0.25, 0.3) is 0 Å². The van der Waals surface area contributed by atoms with Crippen molar-refractivity contribution in [3.8, 4) is 0 Å². The summed E-state index contributed by atoms with van der Waals surface area (Å²) in [6.07, 6.45) is 0. The first-order chi connectivity index (χ1) is 5.15. The van der Waals surface area contributed by atoms with Gasteiger partial charge in [-0.15, -0.1) is 0 Å². The molecule has 1 rings (SSSR count). The van der Waals surface area contributed by atoms with E-state index in [-0.39, 0.29) is 5.69 Å². The number of nitrogen functional groups attached to an aromatic ring is 1. The van der Waals surface area contributed by atoms with Gasteiger partial charge >= 0.3 is 5.97 Å². The summed E-state index contributed by atoms with van der Waals surface area (Å²) in [6, 6.07) is 0. The molecule has 60 valence electrons. The van der Waals surface area contributed by atoms with E-state index in [1.54, 1.807) is 0 Å². The van der Waals surface area contributed by atoms with Gasteiger partial charge in [0.15, 0.2) is 9.61 Å². The van der Waals surface area contributed by atoms with E-state index >= 15 is 0 Å². The highest BCUT2D eigenvalue weighted by Crippen LogP contribution is 2.25. The Morgan fingerprint density at radius 3 is 2.82 bits per heavy atom. The average Bonchev–Trinajstić information content (AvgIpc) is 2.28. The smallest absolute Gasteiger partial charge is 0.359 e. The number of aromatic nitrogens is 1. The van der Waals surface area contributed by atoms with Gasteiger partial charge in [0.2, 0.25) is 0 Å². The Morgan fingerprint density at radius 2 is 2.45 bits per heavy atom. The van der Waals surface area contributed by atoms with Crippen LogP contribution in [0.4, 0.5) is 5.00 Å². The Morgan fingerprint density at radius 1 is 1.82 bits per heavy atom. The molecule has 0 radical (unpaired) electrons. The fourth-order valence-electron chi connectivity index (χ4n) is 0.548. The highest BCUT2D eigenvalue weighted by atomic mass is 79.9. The zero-order valence-electron chi connectivity index (χ0n) is 5.63. The third kappa shape index (κ3) is 1.69. The van der Waals surface area contributed by atoms with Crippen LogP contribution >= 0.6 is 27.3 Å². The number of rotatable bonds is 1. The van der Waals surface area contributed by atoms with Gasteiger partial charge in [0.05, 0.1) is 7.11 Å². The molecule has 1 aromatic rings. The van der Waals surface area contributed by atoms with E-state index in [0.29, 0.717) is 8.92 Å². The summed E-state index contributed by atoms with van der Waals surface area (Å²) in [4.78, 5) is 14.7. The van der Waals surface area contributed by atoms with Crippen LogP contribution in [-0.4, -0.2) is 18.1 Å². The van der Waals surface area contributed by atoms with Crippen molar-refractivity contribution in [3.63, 3.8) is 0 Å². The molecule has 0 saturated heterocycles. The Bertz CT molecular complexity index is 286. The number of ether oxygens (including phenoxy) is 1. The topological polar surface area (TPSA) is 65.2 Å². The summed E-state index contributed by atoms with van der Waals surface area (Å²) in [5, 5.41) is 0.365. The molecule has 0 aliphatic heterocycles. The molecular weight excluding hydrogens is 232 g/mol. The van der Waals surface area contributed by atoms with Crippen LogP contribution in [0.5, 0.6) is 0 Å². The van der Waals surface area contributed by atoms with Crippen LogP contribution in [-0.2, 0) is 4.74 Å². The van der Waals surface area contributed by atoms with Gasteiger partial charge in [-0.2, -0.15) is 0 Å². The van der Waals surface area contributed by atoms with Gasteiger partial charge < -0.3 is 10.5 Å². The van der Waals surface area contributed by atoms with E-state index in [1.165, 1.54) is 18.4 Å². The molecule has 11 heavy (non-hydrogen) atoms. The number of hydrogen-bond donors (Lipinski definition) is 1. The maximum absolute atomic E-state index is 10.9. The molecule has 0 amide bonds. The van der Waals surface area contributed by atoms with Crippen molar-refractivity contribution in [2.75, 3.05) is 12.8 Å². The molecule has 0 bridgehead atoms. The van der Waals surface area contributed by atoms with Crippen LogP contribution in [0, 0.1) is 0 Å². The average molecular weight is 237 g/mol. The molecule has 0 aliphatic rings. The molecule has 2 N–H and O–H groups in total. The number of halogens is 1. The zero-order chi connectivity index (χ0) is 8.43. The molecule has 0 saturated carbocycles. The predicted octanol–water partition coefficient (Wildman–Crippen LogP) is 1.27. The lowest BCUT2D eigenvalue weighted by molar-refractivity contribution is 0.0596. The monoisotopic (exact) mass is 236 g/mol. The summed E-state index contributed by atoms with van der Waals surface area (Å²) in [5.74, 6) is -0.510.